The molecule has 1 unspecified atom stereocenters. The summed E-state index contributed by atoms with van der Waals surface area (Å²) < 4.78 is 0. The standard InChI is InChI=1S/C26H31N3O5/c1-14-5-7-17-10-19(14)20-12-18(8-6-15(20)2)24(29(4)23(31)13-27)22(30)9-16(3)25(32)28-21(11-17)26(33)34/h5-8,10,12,16,21,24H,9,11,13,27H2,1-4H3,(H,28,32)(H,33,34)/t16?,21-,24-/m0/s1. The molecule has 0 spiro atoms. The van der Waals surface area contributed by atoms with Crippen LogP contribution in [-0.2, 0) is 25.6 Å². The number of carbonyl (C=O) groups excluding carboxylic acids is 3. The molecule has 0 radical (unpaired) electrons. The van der Waals surface area contributed by atoms with Gasteiger partial charge in [0.2, 0.25) is 11.8 Å². The summed E-state index contributed by atoms with van der Waals surface area (Å²) in [7, 11) is 1.53. The molecule has 4 N–H and O–H groups in total. The monoisotopic (exact) mass is 465 g/mol. The highest BCUT2D eigenvalue weighted by molar-refractivity contribution is 5.94. The maximum absolute atomic E-state index is 13.4. The summed E-state index contributed by atoms with van der Waals surface area (Å²) in [4.78, 5) is 51.9. The summed E-state index contributed by atoms with van der Waals surface area (Å²) in [5.74, 6) is -3.18. The van der Waals surface area contributed by atoms with E-state index in [1.165, 1.54) is 11.9 Å². The van der Waals surface area contributed by atoms with Crippen LogP contribution in [0.5, 0.6) is 0 Å². The molecule has 180 valence electrons. The number of aliphatic carboxylic acids is 1. The van der Waals surface area contributed by atoms with E-state index in [1.807, 2.05) is 50.2 Å². The summed E-state index contributed by atoms with van der Waals surface area (Å²) >= 11 is 0. The van der Waals surface area contributed by atoms with Gasteiger partial charge in [0.05, 0.1) is 6.54 Å². The Morgan fingerprint density at radius 1 is 1.06 bits per heavy atom. The summed E-state index contributed by atoms with van der Waals surface area (Å²) in [5.41, 5.74) is 10.7. The zero-order valence-corrected chi connectivity index (χ0v) is 19.9. The minimum absolute atomic E-state index is 0.115. The second kappa shape index (κ2) is 10.2. The molecule has 1 heterocycles. The van der Waals surface area contributed by atoms with Crippen LogP contribution >= 0.6 is 0 Å². The van der Waals surface area contributed by atoms with Gasteiger partial charge in [-0.3, -0.25) is 14.4 Å². The predicted octanol–water partition coefficient (Wildman–Crippen LogP) is 2.15. The molecule has 4 bridgehead atoms. The predicted molar refractivity (Wildman–Crippen MR) is 128 cm³/mol. The molecule has 3 atom stereocenters. The quantitative estimate of drug-likeness (QED) is 0.637. The van der Waals surface area contributed by atoms with Crippen molar-refractivity contribution >= 4 is 23.6 Å². The highest BCUT2D eigenvalue weighted by Crippen LogP contribution is 2.33. The van der Waals surface area contributed by atoms with E-state index in [0.29, 0.717) is 5.56 Å². The molecule has 0 aliphatic carbocycles. The van der Waals surface area contributed by atoms with Gasteiger partial charge in [0.15, 0.2) is 5.78 Å². The van der Waals surface area contributed by atoms with Crippen LogP contribution in [0.2, 0.25) is 0 Å². The first-order chi connectivity index (χ1) is 16.0. The van der Waals surface area contributed by atoms with Crippen LogP contribution in [0.4, 0.5) is 0 Å². The van der Waals surface area contributed by atoms with Gasteiger partial charge in [-0.25, -0.2) is 4.79 Å². The van der Waals surface area contributed by atoms with Gasteiger partial charge in [-0.1, -0.05) is 37.3 Å². The van der Waals surface area contributed by atoms with Gasteiger partial charge in [0.25, 0.3) is 0 Å². The first-order valence-corrected chi connectivity index (χ1v) is 11.3. The van der Waals surface area contributed by atoms with E-state index < -0.39 is 35.8 Å². The first-order valence-electron chi connectivity index (χ1n) is 11.3. The number of Topliss-reactive ketones (excluding diaryl/α,β-unsaturated/α-hetero) is 1. The van der Waals surface area contributed by atoms with E-state index in [0.717, 1.165) is 27.8 Å². The Bertz CT molecular complexity index is 1140. The van der Waals surface area contributed by atoms with Crippen molar-refractivity contribution in [3.05, 3.63) is 58.7 Å². The summed E-state index contributed by atoms with van der Waals surface area (Å²) in [5, 5.41) is 12.3. The summed E-state index contributed by atoms with van der Waals surface area (Å²) in [6, 6.07) is 9.26. The van der Waals surface area contributed by atoms with Crippen molar-refractivity contribution in [2.75, 3.05) is 13.6 Å². The molecule has 0 saturated carbocycles. The number of aryl methyl sites for hydroxylation is 2. The smallest absolute Gasteiger partial charge is 0.326 e. The van der Waals surface area contributed by atoms with Crippen molar-refractivity contribution in [1.29, 1.82) is 0 Å². The van der Waals surface area contributed by atoms with Crippen molar-refractivity contribution < 1.29 is 24.3 Å². The number of hydrogen-bond acceptors (Lipinski definition) is 5. The number of ketones is 1. The van der Waals surface area contributed by atoms with Gasteiger partial charge in [-0.15, -0.1) is 0 Å². The third-order valence-electron chi connectivity index (χ3n) is 6.44. The van der Waals surface area contributed by atoms with Crippen LogP contribution in [-0.4, -0.2) is 53.2 Å². The number of carboxylic acids is 1. The average molecular weight is 466 g/mol. The molecule has 0 fully saturated rings. The first kappa shape index (κ1) is 25.1. The van der Waals surface area contributed by atoms with Crippen molar-refractivity contribution in [2.45, 2.75) is 45.7 Å². The third-order valence-corrected chi connectivity index (χ3v) is 6.44. The Labute approximate surface area is 199 Å². The largest absolute Gasteiger partial charge is 0.480 e. The van der Waals surface area contributed by atoms with Crippen LogP contribution in [0.25, 0.3) is 11.1 Å². The van der Waals surface area contributed by atoms with Crippen molar-refractivity contribution in [3.63, 3.8) is 0 Å². The average Bonchev–Trinajstić information content (AvgIpc) is 2.79. The highest BCUT2D eigenvalue weighted by Gasteiger charge is 2.32. The number of carbonyl (C=O) groups is 4. The normalized spacial score (nSPS) is 20.8. The zero-order valence-electron chi connectivity index (χ0n) is 19.9. The number of benzene rings is 2. The number of hydrogen-bond donors (Lipinski definition) is 3. The van der Waals surface area contributed by atoms with Crippen LogP contribution in [0, 0.1) is 19.8 Å². The Kier molecular flexibility index (Phi) is 7.51. The molecule has 34 heavy (non-hydrogen) atoms. The highest BCUT2D eigenvalue weighted by atomic mass is 16.4. The fourth-order valence-electron chi connectivity index (χ4n) is 4.36. The molecule has 2 amide bonds. The Hall–Kier alpha value is -3.52. The number of fused-ring (bicyclic) bond motifs is 5. The Morgan fingerprint density at radius 2 is 1.68 bits per heavy atom. The molecular formula is C26H31N3O5. The van der Waals surface area contributed by atoms with Gasteiger partial charge in [-0.2, -0.15) is 0 Å². The van der Waals surface area contributed by atoms with Crippen molar-refractivity contribution in [2.24, 2.45) is 11.7 Å². The molecular weight excluding hydrogens is 434 g/mol. The minimum Gasteiger partial charge on any atom is -0.480 e. The van der Waals surface area contributed by atoms with Crippen LogP contribution < -0.4 is 11.1 Å². The summed E-state index contributed by atoms with van der Waals surface area (Å²) in [6.07, 6.45) is -0.0390. The lowest BCUT2D eigenvalue weighted by Gasteiger charge is -2.29. The van der Waals surface area contributed by atoms with Crippen LogP contribution in [0.15, 0.2) is 36.4 Å². The van der Waals surface area contributed by atoms with Gasteiger partial charge in [0, 0.05) is 25.8 Å². The molecule has 0 aromatic heterocycles. The number of rotatable bonds is 3. The number of nitrogens with zero attached hydrogens (tertiary/aromatic N) is 1. The SMILES string of the molecule is Cc1ccc2cc1-c1cc(ccc1C)[C@H](N(C)C(=O)CN)C(=O)CC(C)C(=O)N[C@H](C(=O)O)C2. The number of carboxylic acid groups (broad SMARTS) is 1. The number of nitrogens with one attached hydrogen (secondary N) is 1. The van der Waals surface area contributed by atoms with E-state index in [9.17, 15) is 24.3 Å². The van der Waals surface area contributed by atoms with Gasteiger partial charge >= 0.3 is 5.97 Å². The van der Waals surface area contributed by atoms with Crippen molar-refractivity contribution in [3.8, 4) is 11.1 Å². The molecule has 3 rings (SSSR count). The van der Waals surface area contributed by atoms with Gasteiger partial charge in [-0.05, 0) is 53.3 Å². The third kappa shape index (κ3) is 5.17. The molecule has 2 aromatic carbocycles. The lowest BCUT2D eigenvalue weighted by Crippen LogP contribution is -2.45. The molecule has 1 aliphatic heterocycles. The van der Waals surface area contributed by atoms with E-state index >= 15 is 0 Å². The zero-order chi connectivity index (χ0) is 25.2. The maximum atomic E-state index is 13.4. The second-order valence-electron chi connectivity index (χ2n) is 9.01. The Balaban J connectivity index is 2.24. The molecule has 0 saturated heterocycles. The second-order valence-corrected chi connectivity index (χ2v) is 9.01. The Morgan fingerprint density at radius 3 is 2.29 bits per heavy atom. The van der Waals surface area contributed by atoms with E-state index in [-0.39, 0.29) is 25.2 Å². The number of nitrogens with two attached hydrogens (primary N) is 1. The van der Waals surface area contributed by atoms with E-state index in [4.69, 9.17) is 5.73 Å². The van der Waals surface area contributed by atoms with Gasteiger partial charge < -0.3 is 21.1 Å². The summed E-state index contributed by atoms with van der Waals surface area (Å²) in [6.45, 7) is 5.24. The molecule has 8 heteroatoms. The topological polar surface area (TPSA) is 130 Å². The fraction of sp³-hybridized carbons (Fsp3) is 0.385. The lowest BCUT2D eigenvalue weighted by atomic mass is 9.87. The van der Waals surface area contributed by atoms with Crippen molar-refractivity contribution in [1.82, 2.24) is 10.2 Å². The molecule has 2 aromatic rings. The number of amides is 2. The maximum Gasteiger partial charge on any atom is 0.326 e. The van der Waals surface area contributed by atoms with Gasteiger partial charge in [0.1, 0.15) is 12.1 Å². The van der Waals surface area contributed by atoms with Crippen LogP contribution in [0.1, 0.15) is 41.6 Å². The lowest BCUT2D eigenvalue weighted by molar-refractivity contribution is -0.143. The van der Waals surface area contributed by atoms with Crippen LogP contribution in [0.3, 0.4) is 0 Å². The van der Waals surface area contributed by atoms with E-state index in [1.54, 1.807) is 6.92 Å². The number of likely N-dealkylation sites (N-methyl/N-ethyl adjacent to an activating group) is 1. The minimum atomic E-state index is -1.15. The van der Waals surface area contributed by atoms with E-state index in [2.05, 4.69) is 5.32 Å². The molecule has 8 nitrogen and oxygen atoms in total. The molecule has 1 aliphatic rings. The fourth-order valence-corrected chi connectivity index (χ4v) is 4.36.